The molecule has 1 heterocycles. The number of methoxy groups -OCH3 is 1. The summed E-state index contributed by atoms with van der Waals surface area (Å²) < 4.78 is 11.4. The van der Waals surface area contributed by atoms with Gasteiger partial charge >= 0.3 is 0 Å². The summed E-state index contributed by atoms with van der Waals surface area (Å²) in [4.78, 5) is 14.7. The third-order valence-electron chi connectivity index (χ3n) is 3.84. The highest BCUT2D eigenvalue weighted by molar-refractivity contribution is 9.10. The molecule has 0 aliphatic carbocycles. The van der Waals surface area contributed by atoms with Crippen LogP contribution in [0.2, 0.25) is 0 Å². The second-order valence-electron chi connectivity index (χ2n) is 5.64. The molecule has 24 heavy (non-hydrogen) atoms. The Morgan fingerprint density at radius 3 is 2.62 bits per heavy atom. The lowest BCUT2D eigenvalue weighted by atomic mass is 10.2. The zero-order valence-electron chi connectivity index (χ0n) is 13.8. The molecule has 1 saturated heterocycles. The molecule has 1 amide bonds. The van der Waals surface area contributed by atoms with E-state index in [1.54, 1.807) is 19.2 Å². The van der Waals surface area contributed by atoms with E-state index in [0.29, 0.717) is 29.6 Å². The molecular weight excluding hydrogens is 392 g/mol. The van der Waals surface area contributed by atoms with Crippen molar-refractivity contribution in [2.24, 2.45) is 0 Å². The average molecular weight is 415 g/mol. The van der Waals surface area contributed by atoms with Crippen LogP contribution in [0.4, 0.5) is 0 Å². The van der Waals surface area contributed by atoms with Crippen molar-refractivity contribution in [3.63, 3.8) is 0 Å². The number of halogens is 1. The summed E-state index contributed by atoms with van der Waals surface area (Å²) in [5, 5.41) is 3.33. The molecule has 0 unspecified atom stereocenters. The van der Waals surface area contributed by atoms with Crippen molar-refractivity contribution in [1.29, 1.82) is 0 Å². The van der Waals surface area contributed by atoms with Gasteiger partial charge in [-0.15, -0.1) is 0 Å². The van der Waals surface area contributed by atoms with Crippen LogP contribution in [0.3, 0.4) is 0 Å². The second-order valence-corrected chi connectivity index (χ2v) is 6.94. The monoisotopic (exact) mass is 414 g/mol. The molecule has 0 radical (unpaired) electrons. The molecule has 5 nitrogen and oxygen atoms in total. The largest absolute Gasteiger partial charge is 0.490 e. The molecule has 1 fully saturated rings. The standard InChI is InChI=1S/C17H23BrN2O3S/c1-22-10-11-23-15-7-6-13(18)12-14(15)16(21)19-17(24)20-8-4-2-3-5-9-20/h6-7,12H,2-5,8-11H2,1H3,(H,19,21,24). The summed E-state index contributed by atoms with van der Waals surface area (Å²) >= 11 is 8.81. The minimum absolute atomic E-state index is 0.252. The molecule has 1 aliphatic rings. The number of rotatable bonds is 5. The second kappa shape index (κ2) is 9.96. The Bertz CT molecular complexity index is 575. The summed E-state index contributed by atoms with van der Waals surface area (Å²) in [5.74, 6) is 0.268. The quantitative estimate of drug-likeness (QED) is 0.591. The maximum atomic E-state index is 12.6. The van der Waals surface area contributed by atoms with E-state index in [9.17, 15) is 4.79 Å². The van der Waals surface area contributed by atoms with Gasteiger partial charge in [0.15, 0.2) is 5.11 Å². The van der Waals surface area contributed by atoms with Gasteiger partial charge in [-0.1, -0.05) is 28.8 Å². The van der Waals surface area contributed by atoms with Gasteiger partial charge in [0.05, 0.1) is 12.2 Å². The Morgan fingerprint density at radius 2 is 1.96 bits per heavy atom. The number of ether oxygens (including phenoxy) is 2. The highest BCUT2D eigenvalue weighted by atomic mass is 79.9. The minimum atomic E-state index is -0.252. The van der Waals surface area contributed by atoms with E-state index in [2.05, 4.69) is 26.1 Å². The fraction of sp³-hybridized carbons (Fsp3) is 0.529. The predicted molar refractivity (Wildman–Crippen MR) is 102 cm³/mol. The van der Waals surface area contributed by atoms with Gasteiger partial charge in [-0.05, 0) is 43.3 Å². The molecule has 132 valence electrons. The Kier molecular flexibility index (Phi) is 7.94. The molecule has 0 spiro atoms. The fourth-order valence-electron chi connectivity index (χ4n) is 2.56. The van der Waals surface area contributed by atoms with Gasteiger partial charge < -0.3 is 14.4 Å². The molecule has 0 saturated carbocycles. The fourth-order valence-corrected chi connectivity index (χ4v) is 3.19. The first-order valence-corrected chi connectivity index (χ1v) is 9.33. The van der Waals surface area contributed by atoms with Crippen molar-refractivity contribution in [2.45, 2.75) is 25.7 Å². The molecule has 0 bridgehead atoms. The Morgan fingerprint density at radius 1 is 1.25 bits per heavy atom. The zero-order chi connectivity index (χ0) is 17.4. The van der Waals surface area contributed by atoms with E-state index in [-0.39, 0.29) is 5.91 Å². The summed E-state index contributed by atoms with van der Waals surface area (Å²) in [6.07, 6.45) is 4.66. The van der Waals surface area contributed by atoms with Gasteiger partial charge in [0.1, 0.15) is 12.4 Å². The van der Waals surface area contributed by atoms with Crippen LogP contribution in [-0.4, -0.2) is 49.3 Å². The van der Waals surface area contributed by atoms with Crippen LogP contribution in [0.1, 0.15) is 36.0 Å². The third kappa shape index (κ3) is 5.72. The Balaban J connectivity index is 2.04. The molecule has 1 aromatic rings. The van der Waals surface area contributed by atoms with Crippen LogP contribution in [0, 0.1) is 0 Å². The lowest BCUT2D eigenvalue weighted by molar-refractivity contribution is 0.0965. The van der Waals surface area contributed by atoms with Crippen LogP contribution in [0.15, 0.2) is 22.7 Å². The summed E-state index contributed by atoms with van der Waals surface area (Å²) in [6, 6.07) is 5.35. The van der Waals surface area contributed by atoms with Gasteiger partial charge in [-0.2, -0.15) is 0 Å². The maximum absolute atomic E-state index is 12.6. The number of likely N-dealkylation sites (tertiary alicyclic amines) is 1. The molecule has 1 aromatic carbocycles. The van der Waals surface area contributed by atoms with Crippen molar-refractivity contribution in [3.05, 3.63) is 28.2 Å². The van der Waals surface area contributed by atoms with Crippen molar-refractivity contribution in [2.75, 3.05) is 33.4 Å². The summed E-state index contributed by atoms with van der Waals surface area (Å²) in [6.45, 7) is 2.64. The van der Waals surface area contributed by atoms with Crippen LogP contribution in [-0.2, 0) is 4.74 Å². The first-order chi connectivity index (χ1) is 11.6. The molecule has 1 aliphatic heterocycles. The molecular formula is C17H23BrN2O3S. The molecule has 7 heteroatoms. The van der Waals surface area contributed by atoms with Crippen molar-refractivity contribution in [3.8, 4) is 5.75 Å². The topological polar surface area (TPSA) is 50.8 Å². The first kappa shape index (κ1) is 19.1. The van der Waals surface area contributed by atoms with E-state index >= 15 is 0 Å². The Hall–Kier alpha value is -1.18. The maximum Gasteiger partial charge on any atom is 0.261 e. The average Bonchev–Trinajstić information content (AvgIpc) is 2.85. The third-order valence-corrected chi connectivity index (χ3v) is 4.70. The van der Waals surface area contributed by atoms with Crippen LogP contribution in [0.25, 0.3) is 0 Å². The highest BCUT2D eigenvalue weighted by Crippen LogP contribution is 2.23. The van der Waals surface area contributed by atoms with Gasteiger partial charge in [-0.3, -0.25) is 10.1 Å². The zero-order valence-corrected chi connectivity index (χ0v) is 16.2. The number of carbonyl (C=O) groups is 1. The lowest BCUT2D eigenvalue weighted by Gasteiger charge is -2.23. The SMILES string of the molecule is COCCOc1ccc(Br)cc1C(=O)NC(=S)N1CCCCCC1. The van der Waals surface area contributed by atoms with Gasteiger partial charge in [-0.25, -0.2) is 0 Å². The van der Waals surface area contributed by atoms with Gasteiger partial charge in [0, 0.05) is 24.7 Å². The number of carbonyl (C=O) groups excluding carboxylic acids is 1. The van der Waals surface area contributed by atoms with E-state index in [4.69, 9.17) is 21.7 Å². The molecule has 0 aromatic heterocycles. The number of hydrogen-bond donors (Lipinski definition) is 1. The Labute approximate surface area is 156 Å². The van der Waals surface area contributed by atoms with Crippen LogP contribution >= 0.6 is 28.1 Å². The van der Waals surface area contributed by atoms with E-state index in [1.807, 2.05) is 6.07 Å². The number of hydrogen-bond acceptors (Lipinski definition) is 4. The number of nitrogens with one attached hydrogen (secondary N) is 1. The molecule has 2 rings (SSSR count). The van der Waals surface area contributed by atoms with Crippen molar-refractivity contribution >= 4 is 39.2 Å². The van der Waals surface area contributed by atoms with Crippen molar-refractivity contribution < 1.29 is 14.3 Å². The minimum Gasteiger partial charge on any atom is -0.490 e. The number of amides is 1. The smallest absolute Gasteiger partial charge is 0.261 e. The summed E-state index contributed by atoms with van der Waals surface area (Å²) in [5.41, 5.74) is 0.456. The van der Waals surface area contributed by atoms with Crippen LogP contribution in [0.5, 0.6) is 5.75 Å². The van der Waals surface area contributed by atoms with E-state index in [0.717, 1.165) is 30.4 Å². The molecule has 0 atom stereocenters. The summed E-state index contributed by atoms with van der Waals surface area (Å²) in [7, 11) is 1.61. The lowest BCUT2D eigenvalue weighted by Crippen LogP contribution is -2.43. The predicted octanol–water partition coefficient (Wildman–Crippen LogP) is 3.37. The van der Waals surface area contributed by atoms with Gasteiger partial charge in [0.2, 0.25) is 0 Å². The van der Waals surface area contributed by atoms with Crippen LogP contribution < -0.4 is 10.1 Å². The number of thiocarbonyl (C=S) groups is 1. The number of benzene rings is 1. The first-order valence-electron chi connectivity index (χ1n) is 8.13. The number of nitrogens with zero attached hydrogens (tertiary/aromatic N) is 1. The van der Waals surface area contributed by atoms with E-state index < -0.39 is 0 Å². The van der Waals surface area contributed by atoms with Crippen molar-refractivity contribution in [1.82, 2.24) is 10.2 Å². The highest BCUT2D eigenvalue weighted by Gasteiger charge is 2.18. The van der Waals surface area contributed by atoms with Gasteiger partial charge in [0.25, 0.3) is 5.91 Å². The van der Waals surface area contributed by atoms with E-state index in [1.165, 1.54) is 12.8 Å². The molecule has 1 N–H and O–H groups in total. The normalized spacial score (nSPS) is 14.8.